The minimum atomic E-state index is -0.930. The summed E-state index contributed by atoms with van der Waals surface area (Å²) in [5, 5.41) is 0. The number of rotatable bonds is 6. The van der Waals surface area contributed by atoms with Crippen LogP contribution < -0.4 is 20.5 Å². The molecule has 1 aliphatic rings. The molecule has 1 aliphatic heterocycles. The number of hydrogen-bond acceptors (Lipinski definition) is 9. The fourth-order valence-corrected chi connectivity index (χ4v) is 4.90. The molecule has 0 fully saturated rings. The van der Waals surface area contributed by atoms with Gasteiger partial charge in [-0.2, -0.15) is 0 Å². The Bertz CT molecular complexity index is 1440. The summed E-state index contributed by atoms with van der Waals surface area (Å²) in [6, 6.07) is 6.06. The zero-order valence-electron chi connectivity index (χ0n) is 18.6. The Balaban J connectivity index is 2.11. The van der Waals surface area contributed by atoms with E-state index < -0.39 is 23.5 Å². The highest BCUT2D eigenvalue weighted by Gasteiger charge is 2.38. The number of thiazole rings is 1. The molecule has 0 aliphatic carbocycles. The summed E-state index contributed by atoms with van der Waals surface area (Å²) in [5.74, 6) is -1.45. The summed E-state index contributed by atoms with van der Waals surface area (Å²) < 4.78 is 12.5. The highest BCUT2D eigenvalue weighted by Crippen LogP contribution is 2.32. The zero-order chi connectivity index (χ0) is 24.2. The van der Waals surface area contributed by atoms with Crippen molar-refractivity contribution in [3.8, 4) is 0 Å². The first-order valence-electron chi connectivity index (χ1n) is 10.6. The minimum Gasteiger partial charge on any atom is -0.463 e. The van der Waals surface area contributed by atoms with Gasteiger partial charge in [-0.25, -0.2) is 9.59 Å². The Labute approximate surface area is 198 Å². The smallest absolute Gasteiger partial charge is 0.343 e. The van der Waals surface area contributed by atoms with E-state index in [9.17, 15) is 14.4 Å². The molecule has 3 aromatic heterocycles. The molecule has 0 saturated heterocycles. The molecule has 10 heteroatoms. The van der Waals surface area contributed by atoms with E-state index in [4.69, 9.17) is 15.2 Å². The first-order chi connectivity index (χ1) is 16.5. The van der Waals surface area contributed by atoms with Gasteiger partial charge >= 0.3 is 11.9 Å². The predicted molar refractivity (Wildman–Crippen MR) is 126 cm³/mol. The fourth-order valence-electron chi connectivity index (χ4n) is 3.73. The molecular weight excluding hydrogens is 456 g/mol. The Morgan fingerprint density at radius 1 is 1.09 bits per heavy atom. The minimum absolute atomic E-state index is 0.0155. The third-order valence-corrected chi connectivity index (χ3v) is 6.22. The first-order valence-corrected chi connectivity index (χ1v) is 11.4. The average molecular weight is 479 g/mol. The van der Waals surface area contributed by atoms with Gasteiger partial charge in [-0.15, -0.1) is 11.3 Å². The van der Waals surface area contributed by atoms with Crippen molar-refractivity contribution in [2.24, 2.45) is 5.73 Å². The van der Waals surface area contributed by atoms with Crippen molar-refractivity contribution in [2.75, 3.05) is 13.2 Å². The molecule has 0 unspecified atom stereocenters. The number of nitrogens with two attached hydrogens (primary N) is 1. The van der Waals surface area contributed by atoms with Crippen molar-refractivity contribution >= 4 is 34.9 Å². The summed E-state index contributed by atoms with van der Waals surface area (Å²) in [4.78, 5) is 47.9. The van der Waals surface area contributed by atoms with Crippen LogP contribution in [0.15, 0.2) is 65.1 Å². The molecule has 9 nitrogen and oxygen atoms in total. The second-order valence-electron chi connectivity index (χ2n) is 7.21. The van der Waals surface area contributed by atoms with Gasteiger partial charge in [0.05, 0.1) is 35.1 Å². The molecular formula is C24H22N4O5S. The monoisotopic (exact) mass is 478 g/mol. The van der Waals surface area contributed by atoms with Gasteiger partial charge < -0.3 is 15.2 Å². The topological polar surface area (TPSA) is 126 Å². The Kier molecular flexibility index (Phi) is 6.69. The van der Waals surface area contributed by atoms with Crippen LogP contribution in [-0.2, 0) is 19.1 Å². The van der Waals surface area contributed by atoms with E-state index in [0.717, 1.165) is 11.3 Å². The molecule has 2 N–H and O–H groups in total. The number of carbonyl (C=O) groups is 2. The molecule has 0 radical (unpaired) electrons. The molecule has 1 atom stereocenters. The second kappa shape index (κ2) is 9.84. The van der Waals surface area contributed by atoms with Gasteiger partial charge in [0.15, 0.2) is 0 Å². The average Bonchev–Trinajstić information content (AvgIpc) is 3.14. The van der Waals surface area contributed by atoms with Crippen LogP contribution in [0.4, 0.5) is 0 Å². The molecule has 4 rings (SSSR count). The van der Waals surface area contributed by atoms with E-state index in [1.165, 1.54) is 4.57 Å². The SMILES string of the molecule is CCOC(=O)C1=C(N)C(C(=O)OCC)=c2s/c(=C/c3cccnc3)c(=O)n2[C@H]1c1cccnc1. The Morgan fingerprint density at radius 3 is 2.38 bits per heavy atom. The third kappa shape index (κ3) is 4.15. The lowest BCUT2D eigenvalue weighted by Crippen LogP contribution is -2.43. The Morgan fingerprint density at radius 2 is 1.76 bits per heavy atom. The molecule has 0 amide bonds. The number of esters is 2. The lowest BCUT2D eigenvalue weighted by atomic mass is 9.93. The standard InChI is InChI=1S/C24H22N4O5S/c1-3-32-23(30)17-19(25)18(24(31)33-4-2)22-28(20(17)15-8-6-10-27-13-15)21(29)16(34-22)11-14-7-5-9-26-12-14/h5-13,20H,3-4,25H2,1-2H3/b16-11+/t20-/m0/s1. The van der Waals surface area contributed by atoms with Crippen LogP contribution in [-0.4, -0.2) is 39.7 Å². The summed E-state index contributed by atoms with van der Waals surface area (Å²) >= 11 is 1.09. The summed E-state index contributed by atoms with van der Waals surface area (Å²) in [6.45, 7) is 3.51. The predicted octanol–water partition coefficient (Wildman–Crippen LogP) is 0.621. The van der Waals surface area contributed by atoms with Gasteiger partial charge in [0.25, 0.3) is 5.56 Å². The van der Waals surface area contributed by atoms with E-state index in [1.807, 2.05) is 0 Å². The van der Waals surface area contributed by atoms with Crippen LogP contribution in [0.1, 0.15) is 31.0 Å². The molecule has 0 spiro atoms. The lowest BCUT2D eigenvalue weighted by Gasteiger charge is -2.27. The second-order valence-corrected chi connectivity index (χ2v) is 8.24. The maximum atomic E-state index is 13.7. The van der Waals surface area contributed by atoms with Crippen molar-refractivity contribution in [1.82, 2.24) is 14.5 Å². The maximum Gasteiger partial charge on any atom is 0.343 e. The number of ether oxygens (including phenoxy) is 2. The van der Waals surface area contributed by atoms with Gasteiger partial charge in [0.2, 0.25) is 0 Å². The third-order valence-electron chi connectivity index (χ3n) is 5.12. The maximum absolute atomic E-state index is 13.7. The molecule has 34 heavy (non-hydrogen) atoms. The van der Waals surface area contributed by atoms with Crippen molar-refractivity contribution < 1.29 is 19.1 Å². The van der Waals surface area contributed by atoms with Crippen LogP contribution in [0.5, 0.6) is 0 Å². The van der Waals surface area contributed by atoms with Crippen LogP contribution in [0.3, 0.4) is 0 Å². The van der Waals surface area contributed by atoms with Crippen molar-refractivity contribution in [3.05, 3.63) is 91.0 Å². The van der Waals surface area contributed by atoms with E-state index in [0.29, 0.717) is 15.7 Å². The zero-order valence-corrected chi connectivity index (χ0v) is 19.4. The summed E-state index contributed by atoms with van der Waals surface area (Å²) in [6.07, 6.45) is 8.05. The fraction of sp³-hybridized carbons (Fsp3) is 0.208. The molecule has 0 aromatic carbocycles. The van der Waals surface area contributed by atoms with E-state index in [1.54, 1.807) is 69.0 Å². The highest BCUT2D eigenvalue weighted by molar-refractivity contribution is 7.07. The van der Waals surface area contributed by atoms with Crippen molar-refractivity contribution in [1.29, 1.82) is 0 Å². The molecule has 4 heterocycles. The van der Waals surface area contributed by atoms with Gasteiger partial charge in [-0.05, 0) is 43.2 Å². The number of aromatic nitrogens is 3. The van der Waals surface area contributed by atoms with Gasteiger partial charge in [0, 0.05) is 24.8 Å². The number of carbonyl (C=O) groups excluding carboxylic acids is 2. The lowest BCUT2D eigenvalue weighted by molar-refractivity contribution is -0.139. The van der Waals surface area contributed by atoms with Crippen LogP contribution in [0, 0.1) is 0 Å². The molecule has 174 valence electrons. The van der Waals surface area contributed by atoms with Gasteiger partial charge in [-0.3, -0.25) is 19.3 Å². The van der Waals surface area contributed by atoms with Gasteiger partial charge in [0.1, 0.15) is 10.2 Å². The number of hydrogen-bond donors (Lipinski definition) is 1. The van der Waals surface area contributed by atoms with Crippen LogP contribution in [0.2, 0.25) is 0 Å². The van der Waals surface area contributed by atoms with E-state index >= 15 is 0 Å². The highest BCUT2D eigenvalue weighted by atomic mass is 32.1. The molecule has 0 saturated carbocycles. The Hall–Kier alpha value is -4.05. The van der Waals surface area contributed by atoms with Crippen LogP contribution >= 0.6 is 11.3 Å². The van der Waals surface area contributed by atoms with Gasteiger partial charge in [-0.1, -0.05) is 12.1 Å². The normalized spacial score (nSPS) is 15.8. The summed E-state index contributed by atoms with van der Waals surface area (Å²) in [5.41, 5.74) is 7.15. The van der Waals surface area contributed by atoms with E-state index in [-0.39, 0.29) is 34.7 Å². The van der Waals surface area contributed by atoms with Crippen molar-refractivity contribution in [2.45, 2.75) is 19.9 Å². The molecule has 3 aromatic rings. The summed E-state index contributed by atoms with van der Waals surface area (Å²) in [7, 11) is 0. The number of fused-ring (bicyclic) bond motifs is 1. The first kappa shape index (κ1) is 23.1. The van der Waals surface area contributed by atoms with Crippen LogP contribution in [0.25, 0.3) is 11.6 Å². The van der Waals surface area contributed by atoms with Crippen molar-refractivity contribution in [3.63, 3.8) is 0 Å². The number of nitrogens with zero attached hydrogens (tertiary/aromatic N) is 3. The largest absolute Gasteiger partial charge is 0.463 e. The number of pyridine rings is 2. The van der Waals surface area contributed by atoms with E-state index in [2.05, 4.69) is 9.97 Å². The quantitative estimate of drug-likeness (QED) is 0.511. The molecule has 0 bridgehead atoms.